The smallest absolute Gasteiger partial charge is 0.225 e. The molecule has 0 aromatic heterocycles. The molecule has 1 amide bonds. The lowest BCUT2D eigenvalue weighted by molar-refractivity contribution is -0.116. The number of amides is 1. The van der Waals surface area contributed by atoms with Gasteiger partial charge in [-0.1, -0.05) is 54.6 Å². The summed E-state index contributed by atoms with van der Waals surface area (Å²) in [5.41, 5.74) is 4.81. The number of carbonyl (C=O) groups is 2. The molecular weight excluding hydrogens is 426 g/mol. The summed E-state index contributed by atoms with van der Waals surface area (Å²) < 4.78 is 11.8. The second-order valence-corrected chi connectivity index (χ2v) is 8.81. The number of rotatable bonds is 10. The molecule has 0 saturated carbocycles. The highest BCUT2D eigenvalue weighted by atomic mass is 16.5. The van der Waals surface area contributed by atoms with E-state index in [2.05, 4.69) is 5.32 Å². The van der Waals surface area contributed by atoms with E-state index in [1.54, 1.807) is 0 Å². The van der Waals surface area contributed by atoms with Gasteiger partial charge in [0.2, 0.25) is 5.91 Å². The van der Waals surface area contributed by atoms with Crippen LogP contribution in [0.15, 0.2) is 66.7 Å². The Kier molecular flexibility index (Phi) is 7.76. The van der Waals surface area contributed by atoms with Crippen LogP contribution in [0.25, 0.3) is 0 Å². The normalized spacial score (nSPS) is 12.6. The molecule has 4 rings (SSSR count). The van der Waals surface area contributed by atoms with Crippen molar-refractivity contribution in [3.63, 3.8) is 0 Å². The molecular formula is C29H31NO4. The van der Waals surface area contributed by atoms with Crippen LogP contribution >= 0.6 is 0 Å². The number of aryl methyl sites for hydroxylation is 1. The van der Waals surface area contributed by atoms with Crippen molar-refractivity contribution in [3.05, 3.63) is 89.0 Å². The molecule has 0 saturated heterocycles. The third-order valence-electron chi connectivity index (χ3n) is 6.05. The molecule has 0 fully saturated rings. The summed E-state index contributed by atoms with van der Waals surface area (Å²) in [6, 6.07) is 21.7. The quantitative estimate of drug-likeness (QED) is 0.376. The number of para-hydroxylation sites is 3. The van der Waals surface area contributed by atoms with Crippen LogP contribution in [0.1, 0.15) is 54.9 Å². The van der Waals surface area contributed by atoms with Crippen LogP contribution < -0.4 is 10.1 Å². The molecule has 34 heavy (non-hydrogen) atoms. The van der Waals surface area contributed by atoms with Gasteiger partial charge >= 0.3 is 0 Å². The van der Waals surface area contributed by atoms with Gasteiger partial charge in [-0.2, -0.15) is 0 Å². The van der Waals surface area contributed by atoms with Gasteiger partial charge in [0.15, 0.2) is 0 Å². The maximum absolute atomic E-state index is 13.4. The summed E-state index contributed by atoms with van der Waals surface area (Å²) in [7, 11) is 0. The zero-order valence-corrected chi connectivity index (χ0v) is 19.8. The van der Waals surface area contributed by atoms with E-state index in [-0.39, 0.29) is 17.9 Å². The number of aldehydes is 1. The van der Waals surface area contributed by atoms with Gasteiger partial charge in [0.25, 0.3) is 0 Å². The monoisotopic (exact) mass is 457 g/mol. The largest absolute Gasteiger partial charge is 0.457 e. The number of fused-ring (bicyclic) bond motifs is 2. The summed E-state index contributed by atoms with van der Waals surface area (Å²) in [6.07, 6.45) is 3.03. The molecule has 5 heteroatoms. The summed E-state index contributed by atoms with van der Waals surface area (Å²) in [5, 5.41) is 3.18. The fourth-order valence-corrected chi connectivity index (χ4v) is 4.45. The SMILES string of the molecule is CC(C)OCCc1cccc(CCC=O)c1NC(=O)CC1c2ccccc2Oc2ccccc21. The first-order valence-electron chi connectivity index (χ1n) is 11.9. The third-order valence-corrected chi connectivity index (χ3v) is 6.05. The van der Waals surface area contributed by atoms with E-state index in [4.69, 9.17) is 9.47 Å². The molecule has 3 aromatic rings. The summed E-state index contributed by atoms with van der Waals surface area (Å²) in [6.45, 7) is 4.58. The van der Waals surface area contributed by atoms with Crippen molar-refractivity contribution in [2.75, 3.05) is 11.9 Å². The van der Waals surface area contributed by atoms with Crippen LogP contribution in [0.4, 0.5) is 5.69 Å². The first-order chi connectivity index (χ1) is 16.6. The fourth-order valence-electron chi connectivity index (χ4n) is 4.45. The number of hydrogen-bond donors (Lipinski definition) is 1. The molecule has 0 unspecified atom stereocenters. The zero-order chi connectivity index (χ0) is 23.9. The van der Waals surface area contributed by atoms with Gasteiger partial charge in [0, 0.05) is 35.6 Å². The van der Waals surface area contributed by atoms with Crippen LogP contribution in [-0.4, -0.2) is 24.9 Å². The predicted molar refractivity (Wildman–Crippen MR) is 134 cm³/mol. The Morgan fingerprint density at radius 2 is 1.56 bits per heavy atom. The lowest BCUT2D eigenvalue weighted by atomic mass is 9.85. The van der Waals surface area contributed by atoms with Gasteiger partial charge in [-0.3, -0.25) is 4.79 Å². The molecule has 176 valence electrons. The number of nitrogens with one attached hydrogen (secondary N) is 1. The average Bonchev–Trinajstić information content (AvgIpc) is 2.83. The Balaban J connectivity index is 1.59. The molecule has 0 atom stereocenters. The van der Waals surface area contributed by atoms with E-state index in [0.29, 0.717) is 32.3 Å². The summed E-state index contributed by atoms with van der Waals surface area (Å²) in [5.74, 6) is 1.41. The molecule has 0 aliphatic carbocycles. The van der Waals surface area contributed by atoms with Crippen LogP contribution in [0.2, 0.25) is 0 Å². The van der Waals surface area contributed by atoms with Gasteiger partial charge < -0.3 is 19.6 Å². The Labute approximate surface area is 201 Å². The van der Waals surface area contributed by atoms with Crippen LogP contribution in [0.5, 0.6) is 11.5 Å². The zero-order valence-electron chi connectivity index (χ0n) is 19.8. The molecule has 5 nitrogen and oxygen atoms in total. The number of hydrogen-bond acceptors (Lipinski definition) is 4. The molecule has 0 bridgehead atoms. The Morgan fingerprint density at radius 1 is 0.941 bits per heavy atom. The number of anilines is 1. The minimum absolute atomic E-state index is 0.0684. The molecule has 1 aliphatic rings. The number of benzene rings is 3. The van der Waals surface area contributed by atoms with E-state index in [1.165, 1.54) is 0 Å². The maximum Gasteiger partial charge on any atom is 0.225 e. The van der Waals surface area contributed by atoms with Crippen molar-refractivity contribution < 1.29 is 19.1 Å². The van der Waals surface area contributed by atoms with Gasteiger partial charge in [-0.25, -0.2) is 0 Å². The number of ether oxygens (including phenoxy) is 2. The summed E-state index contributed by atoms with van der Waals surface area (Å²) in [4.78, 5) is 24.4. The molecule has 1 heterocycles. The van der Waals surface area contributed by atoms with Crippen molar-refractivity contribution in [2.24, 2.45) is 0 Å². The van der Waals surface area contributed by atoms with Crippen molar-refractivity contribution >= 4 is 17.9 Å². The lowest BCUT2D eigenvalue weighted by Gasteiger charge is -2.28. The maximum atomic E-state index is 13.4. The highest BCUT2D eigenvalue weighted by Gasteiger charge is 2.29. The lowest BCUT2D eigenvalue weighted by Crippen LogP contribution is -2.21. The van der Waals surface area contributed by atoms with E-state index in [9.17, 15) is 9.59 Å². The summed E-state index contributed by atoms with van der Waals surface area (Å²) >= 11 is 0. The highest BCUT2D eigenvalue weighted by Crippen LogP contribution is 2.45. The van der Waals surface area contributed by atoms with Crippen molar-refractivity contribution in [3.8, 4) is 11.5 Å². The molecule has 1 N–H and O–H groups in total. The van der Waals surface area contributed by atoms with Crippen LogP contribution in [0.3, 0.4) is 0 Å². The highest BCUT2D eigenvalue weighted by molar-refractivity contribution is 5.93. The van der Waals surface area contributed by atoms with Gasteiger partial charge in [-0.15, -0.1) is 0 Å². The Hall–Kier alpha value is -3.44. The van der Waals surface area contributed by atoms with Crippen molar-refractivity contribution in [1.29, 1.82) is 0 Å². The van der Waals surface area contributed by atoms with Crippen molar-refractivity contribution in [2.45, 2.75) is 51.6 Å². The Morgan fingerprint density at radius 3 is 2.18 bits per heavy atom. The van der Waals surface area contributed by atoms with E-state index in [0.717, 1.165) is 45.7 Å². The molecule has 1 aliphatic heterocycles. The third kappa shape index (κ3) is 5.54. The van der Waals surface area contributed by atoms with Gasteiger partial charge in [-0.05, 0) is 49.9 Å². The number of carbonyl (C=O) groups excluding carboxylic acids is 2. The second-order valence-electron chi connectivity index (χ2n) is 8.81. The fraction of sp³-hybridized carbons (Fsp3) is 0.310. The van der Waals surface area contributed by atoms with Crippen LogP contribution in [-0.2, 0) is 27.2 Å². The van der Waals surface area contributed by atoms with E-state index in [1.807, 2.05) is 80.6 Å². The predicted octanol–water partition coefficient (Wildman–Crippen LogP) is 6.05. The van der Waals surface area contributed by atoms with Gasteiger partial charge in [0.05, 0.1) is 12.7 Å². The minimum atomic E-state index is -0.101. The van der Waals surface area contributed by atoms with Crippen LogP contribution in [0, 0.1) is 0 Å². The molecule has 0 spiro atoms. The molecule has 3 aromatic carbocycles. The standard InChI is InChI=1S/C29H31NO4/c1-20(2)33-18-16-22-10-7-9-21(11-8-17-31)29(22)30-28(32)19-25-23-12-3-5-14-26(23)34-27-15-6-4-13-24(25)27/h3-7,9-10,12-15,17,20,25H,8,11,16,18-19H2,1-2H3,(H,30,32). The van der Waals surface area contributed by atoms with E-state index < -0.39 is 0 Å². The topological polar surface area (TPSA) is 64.6 Å². The Bertz CT molecular complexity index is 1110. The van der Waals surface area contributed by atoms with Crippen molar-refractivity contribution in [1.82, 2.24) is 0 Å². The first-order valence-corrected chi connectivity index (χ1v) is 11.9. The van der Waals surface area contributed by atoms with Gasteiger partial charge in [0.1, 0.15) is 17.8 Å². The molecule has 0 radical (unpaired) electrons. The average molecular weight is 458 g/mol. The van der Waals surface area contributed by atoms with E-state index >= 15 is 0 Å². The second kappa shape index (κ2) is 11.1. The minimum Gasteiger partial charge on any atom is -0.457 e. The first kappa shape index (κ1) is 23.7.